The Balaban J connectivity index is 2.09. The van der Waals surface area contributed by atoms with Crippen molar-refractivity contribution in [2.45, 2.75) is 25.9 Å². The number of carbonyl (C=O) groups is 1. The fraction of sp³-hybridized carbons (Fsp3) is 0.300. The molecule has 2 N–H and O–H groups in total. The van der Waals surface area contributed by atoms with Gasteiger partial charge in [-0.1, -0.05) is 23.4 Å². The summed E-state index contributed by atoms with van der Waals surface area (Å²) >= 11 is 0. The van der Waals surface area contributed by atoms with Crippen LogP contribution in [0.2, 0.25) is 0 Å². The molecule has 3 rings (SSSR count). The molecule has 0 bridgehead atoms. The number of nitrogens with zero attached hydrogens (tertiary/aromatic N) is 1. The number of amides is 1. The molecule has 154 valence electrons. The first-order valence-electron chi connectivity index (χ1n) is 8.86. The normalized spacial score (nSPS) is 14.2. The minimum Gasteiger partial charge on any atom is -0.434 e. The molecule has 0 atom stereocenters. The summed E-state index contributed by atoms with van der Waals surface area (Å²) in [4.78, 5) is 16.5. The van der Waals surface area contributed by atoms with Gasteiger partial charge in [0.15, 0.2) is 11.6 Å². The van der Waals surface area contributed by atoms with Gasteiger partial charge in [0.2, 0.25) is 5.91 Å². The quantitative estimate of drug-likeness (QED) is 0.389. The summed E-state index contributed by atoms with van der Waals surface area (Å²) in [7, 11) is 0. The molecular weight excluding hydrogens is 392 g/mol. The van der Waals surface area contributed by atoms with Gasteiger partial charge in [-0.05, 0) is 42.5 Å². The number of halogens is 4. The van der Waals surface area contributed by atoms with E-state index in [0.29, 0.717) is 17.5 Å². The van der Waals surface area contributed by atoms with E-state index in [1.807, 2.05) is 0 Å². The summed E-state index contributed by atoms with van der Waals surface area (Å²) in [6, 6.07) is 7.71. The van der Waals surface area contributed by atoms with Crippen molar-refractivity contribution < 1.29 is 31.9 Å². The monoisotopic (exact) mass is 410 g/mol. The van der Waals surface area contributed by atoms with Gasteiger partial charge in [0, 0.05) is 5.56 Å². The smallest absolute Gasteiger partial charge is 0.387 e. The Morgan fingerprint density at radius 2 is 1.97 bits per heavy atom. The Morgan fingerprint density at radius 3 is 2.62 bits per heavy atom. The fourth-order valence-electron chi connectivity index (χ4n) is 2.71. The average molecular weight is 410 g/mol. The SMILES string of the molecule is NC(=O)Cc1cccc(C(=NOCC2CC2)c2c(OC(F)F)ccc(F)c2F)c1. The highest BCUT2D eigenvalue weighted by atomic mass is 19.3. The van der Waals surface area contributed by atoms with Crippen LogP contribution in [0.5, 0.6) is 5.75 Å². The van der Waals surface area contributed by atoms with Crippen molar-refractivity contribution in [3.05, 3.63) is 64.7 Å². The van der Waals surface area contributed by atoms with Gasteiger partial charge < -0.3 is 15.3 Å². The minimum absolute atomic E-state index is 0.101. The largest absolute Gasteiger partial charge is 0.434 e. The number of nitrogens with two attached hydrogens (primary N) is 1. The van der Waals surface area contributed by atoms with Gasteiger partial charge in [-0.25, -0.2) is 8.78 Å². The average Bonchev–Trinajstić information content (AvgIpc) is 3.47. The van der Waals surface area contributed by atoms with Gasteiger partial charge in [-0.2, -0.15) is 8.78 Å². The number of benzene rings is 2. The summed E-state index contributed by atoms with van der Waals surface area (Å²) in [6.07, 6.45) is 1.83. The number of primary amides is 1. The van der Waals surface area contributed by atoms with E-state index < -0.39 is 35.5 Å². The third kappa shape index (κ3) is 5.46. The molecule has 0 saturated heterocycles. The molecule has 2 aromatic carbocycles. The minimum atomic E-state index is -3.26. The Bertz CT molecular complexity index is 930. The molecule has 5 nitrogen and oxygen atoms in total. The van der Waals surface area contributed by atoms with Crippen molar-refractivity contribution in [2.24, 2.45) is 16.8 Å². The van der Waals surface area contributed by atoms with E-state index in [-0.39, 0.29) is 24.3 Å². The first-order chi connectivity index (χ1) is 13.8. The molecule has 29 heavy (non-hydrogen) atoms. The van der Waals surface area contributed by atoms with E-state index in [2.05, 4.69) is 9.89 Å². The molecule has 0 radical (unpaired) electrons. The van der Waals surface area contributed by atoms with Gasteiger partial charge in [-0.15, -0.1) is 0 Å². The third-order valence-corrected chi connectivity index (χ3v) is 4.25. The Morgan fingerprint density at radius 1 is 1.21 bits per heavy atom. The van der Waals surface area contributed by atoms with Crippen LogP contribution in [-0.4, -0.2) is 24.8 Å². The second-order valence-electron chi connectivity index (χ2n) is 6.64. The zero-order valence-corrected chi connectivity index (χ0v) is 15.2. The number of rotatable bonds is 9. The first kappa shape index (κ1) is 20.6. The van der Waals surface area contributed by atoms with Crippen LogP contribution in [0.1, 0.15) is 29.5 Å². The molecule has 0 aliphatic heterocycles. The summed E-state index contributed by atoms with van der Waals surface area (Å²) in [5.74, 6) is -3.53. The van der Waals surface area contributed by atoms with Crippen LogP contribution in [-0.2, 0) is 16.1 Å². The van der Waals surface area contributed by atoms with Crippen LogP contribution in [0.3, 0.4) is 0 Å². The fourth-order valence-corrected chi connectivity index (χ4v) is 2.71. The van der Waals surface area contributed by atoms with Gasteiger partial charge in [0.25, 0.3) is 0 Å². The van der Waals surface area contributed by atoms with Crippen LogP contribution in [0.15, 0.2) is 41.6 Å². The summed E-state index contributed by atoms with van der Waals surface area (Å²) < 4.78 is 58.5. The van der Waals surface area contributed by atoms with E-state index in [1.165, 1.54) is 12.1 Å². The number of hydrogen-bond donors (Lipinski definition) is 1. The van der Waals surface area contributed by atoms with Gasteiger partial charge >= 0.3 is 6.61 Å². The highest BCUT2D eigenvalue weighted by Gasteiger charge is 2.26. The Hall–Kier alpha value is -3.10. The molecule has 0 heterocycles. The topological polar surface area (TPSA) is 73.9 Å². The number of ether oxygens (including phenoxy) is 1. The van der Waals surface area contributed by atoms with E-state index in [9.17, 15) is 22.4 Å². The maximum Gasteiger partial charge on any atom is 0.387 e. The molecule has 1 fully saturated rings. The van der Waals surface area contributed by atoms with Crippen molar-refractivity contribution in [1.82, 2.24) is 0 Å². The highest BCUT2D eigenvalue weighted by molar-refractivity contribution is 6.14. The predicted octanol–water partition coefficient (Wildman–Crippen LogP) is 3.77. The van der Waals surface area contributed by atoms with Crippen LogP contribution in [0.25, 0.3) is 0 Å². The van der Waals surface area contributed by atoms with Crippen molar-refractivity contribution in [3.8, 4) is 5.75 Å². The zero-order chi connectivity index (χ0) is 21.0. The molecule has 2 aromatic rings. The second kappa shape index (κ2) is 8.93. The van der Waals surface area contributed by atoms with Crippen molar-refractivity contribution in [2.75, 3.05) is 6.61 Å². The maximum atomic E-state index is 14.6. The van der Waals surface area contributed by atoms with Crippen molar-refractivity contribution in [1.29, 1.82) is 0 Å². The van der Waals surface area contributed by atoms with Gasteiger partial charge in [0.05, 0.1) is 12.0 Å². The van der Waals surface area contributed by atoms with Crippen molar-refractivity contribution >= 4 is 11.6 Å². The molecule has 1 aliphatic carbocycles. The van der Waals surface area contributed by atoms with E-state index in [0.717, 1.165) is 18.9 Å². The lowest BCUT2D eigenvalue weighted by Gasteiger charge is -2.15. The molecule has 1 aliphatic rings. The predicted molar refractivity (Wildman–Crippen MR) is 96.6 cm³/mol. The van der Waals surface area contributed by atoms with Gasteiger partial charge in [0.1, 0.15) is 18.1 Å². The molecule has 1 amide bonds. The lowest BCUT2D eigenvalue weighted by atomic mass is 9.98. The molecule has 0 unspecified atom stereocenters. The summed E-state index contributed by atoms with van der Waals surface area (Å²) in [6.45, 7) is -3.00. The number of alkyl halides is 2. The standard InChI is InChI=1S/C20H18F4N2O3/c21-14-6-7-15(29-20(23)24)17(18(14)22)19(26-28-10-11-4-5-11)13-3-1-2-12(8-13)9-16(25)27/h1-3,6-8,11,20H,4-5,9-10H2,(H2,25,27). The van der Waals surface area contributed by atoms with Crippen molar-refractivity contribution in [3.63, 3.8) is 0 Å². The highest BCUT2D eigenvalue weighted by Crippen LogP contribution is 2.31. The third-order valence-electron chi connectivity index (χ3n) is 4.25. The summed E-state index contributed by atoms with van der Waals surface area (Å²) in [5.41, 5.74) is 5.08. The van der Waals surface area contributed by atoms with E-state index in [1.54, 1.807) is 12.1 Å². The van der Waals surface area contributed by atoms with E-state index >= 15 is 0 Å². The number of carbonyl (C=O) groups excluding carboxylic acids is 1. The zero-order valence-electron chi connectivity index (χ0n) is 15.2. The van der Waals surface area contributed by atoms with Crippen LogP contribution < -0.4 is 10.5 Å². The Labute approximate surface area is 164 Å². The lowest BCUT2D eigenvalue weighted by Crippen LogP contribution is -2.16. The second-order valence-corrected chi connectivity index (χ2v) is 6.64. The lowest BCUT2D eigenvalue weighted by molar-refractivity contribution is -0.117. The molecule has 0 spiro atoms. The Kier molecular flexibility index (Phi) is 6.36. The number of hydrogen-bond acceptors (Lipinski definition) is 4. The van der Waals surface area contributed by atoms with Gasteiger partial charge in [-0.3, -0.25) is 4.79 Å². The first-order valence-corrected chi connectivity index (χ1v) is 8.86. The number of oxime groups is 1. The summed E-state index contributed by atoms with van der Waals surface area (Å²) in [5, 5.41) is 3.90. The maximum absolute atomic E-state index is 14.6. The molecule has 9 heteroatoms. The van der Waals surface area contributed by atoms with Crippen LogP contribution in [0, 0.1) is 17.6 Å². The van der Waals surface area contributed by atoms with Crippen LogP contribution in [0.4, 0.5) is 17.6 Å². The van der Waals surface area contributed by atoms with Crippen LogP contribution >= 0.6 is 0 Å². The molecule has 0 aromatic heterocycles. The molecule has 1 saturated carbocycles. The van der Waals surface area contributed by atoms with E-state index in [4.69, 9.17) is 10.6 Å². The molecular formula is C20H18F4N2O3.